The topological polar surface area (TPSA) is 97.4 Å². The van der Waals surface area contributed by atoms with E-state index in [0.717, 1.165) is 22.5 Å². The first-order valence-corrected chi connectivity index (χ1v) is 10.9. The van der Waals surface area contributed by atoms with E-state index in [9.17, 15) is 21.6 Å². The lowest BCUT2D eigenvalue weighted by atomic mass is 10.2. The molecular weight excluding hydrogens is 358 g/mol. The Labute approximate surface area is 132 Å². The molecule has 0 aliphatic rings. The zero-order valence-electron chi connectivity index (χ0n) is 11.7. The summed E-state index contributed by atoms with van der Waals surface area (Å²) in [7, 11) is -2.05. The molecule has 0 aliphatic heterocycles. The molecule has 0 saturated heterocycles. The van der Waals surface area contributed by atoms with Crippen LogP contribution in [0.3, 0.4) is 0 Å². The van der Waals surface area contributed by atoms with Gasteiger partial charge in [-0.05, 0) is 32.4 Å². The summed E-state index contributed by atoms with van der Waals surface area (Å²) in [5, 5.41) is 2.53. The smallest absolute Gasteiger partial charge is 0.270 e. The van der Waals surface area contributed by atoms with Crippen LogP contribution in [0, 0.1) is 0 Å². The number of sulfone groups is 1. The number of halogens is 1. The Morgan fingerprint density at radius 2 is 1.86 bits per heavy atom. The molecule has 1 aromatic heterocycles. The molecule has 0 radical (unpaired) electrons. The summed E-state index contributed by atoms with van der Waals surface area (Å²) in [5.41, 5.74) is 0. The summed E-state index contributed by atoms with van der Waals surface area (Å²) in [6, 6.07) is 3.00. The zero-order chi connectivity index (χ0) is 16.5. The van der Waals surface area contributed by atoms with Crippen LogP contribution in [0.1, 0.15) is 18.7 Å². The van der Waals surface area contributed by atoms with E-state index in [1.807, 2.05) is 0 Å². The molecular formula is C11H16ClNO5S3. The van der Waals surface area contributed by atoms with E-state index in [1.165, 1.54) is 19.9 Å². The number of rotatable bonds is 6. The molecule has 1 rings (SSSR count). The fraction of sp³-hybridized carbons (Fsp3) is 0.545. The Hall–Kier alpha value is -0.640. The van der Waals surface area contributed by atoms with Crippen molar-refractivity contribution in [1.29, 1.82) is 0 Å². The molecule has 0 atom stereocenters. The van der Waals surface area contributed by atoms with Crippen LogP contribution in [-0.2, 0) is 30.1 Å². The highest BCUT2D eigenvalue weighted by molar-refractivity contribution is 8.15. The molecule has 0 spiro atoms. The fourth-order valence-electron chi connectivity index (χ4n) is 1.30. The third kappa shape index (κ3) is 4.67. The van der Waals surface area contributed by atoms with Crippen LogP contribution in [-0.4, -0.2) is 40.3 Å². The van der Waals surface area contributed by atoms with E-state index >= 15 is 0 Å². The van der Waals surface area contributed by atoms with Gasteiger partial charge in [0.05, 0.1) is 0 Å². The summed E-state index contributed by atoms with van der Waals surface area (Å²) in [5.74, 6) is -0.591. The molecule has 1 N–H and O–H groups in total. The number of amides is 1. The molecule has 0 unspecified atom stereocenters. The second-order valence-corrected chi connectivity index (χ2v) is 11.5. The molecule has 1 amide bonds. The zero-order valence-corrected chi connectivity index (χ0v) is 14.9. The maximum absolute atomic E-state index is 11.9. The first-order chi connectivity index (χ1) is 9.35. The van der Waals surface area contributed by atoms with E-state index in [4.69, 9.17) is 10.7 Å². The first kappa shape index (κ1) is 18.4. The van der Waals surface area contributed by atoms with E-state index in [1.54, 1.807) is 6.07 Å². The minimum Gasteiger partial charge on any atom is -0.354 e. The number of carbonyl (C=O) groups is 1. The average molecular weight is 374 g/mol. The third-order valence-corrected chi connectivity index (χ3v) is 8.29. The third-order valence-electron chi connectivity index (χ3n) is 3.01. The highest BCUT2D eigenvalue weighted by atomic mass is 35.7. The summed E-state index contributed by atoms with van der Waals surface area (Å²) >= 11 is 1.02. The summed E-state index contributed by atoms with van der Waals surface area (Å²) in [6.45, 7) is 2.88. The molecule has 6 nitrogen and oxygen atoms in total. The van der Waals surface area contributed by atoms with Crippen LogP contribution in [0.4, 0.5) is 0 Å². The number of nitrogens with one attached hydrogen (secondary N) is 1. The Morgan fingerprint density at radius 3 is 2.29 bits per heavy atom. The van der Waals surface area contributed by atoms with Crippen molar-refractivity contribution in [2.75, 3.05) is 12.8 Å². The van der Waals surface area contributed by atoms with Gasteiger partial charge in [0.15, 0.2) is 9.84 Å². The molecule has 0 bridgehead atoms. The second kappa shape index (κ2) is 6.23. The van der Waals surface area contributed by atoms with Crippen LogP contribution < -0.4 is 5.32 Å². The van der Waals surface area contributed by atoms with Crippen molar-refractivity contribution in [3.63, 3.8) is 0 Å². The van der Waals surface area contributed by atoms with E-state index in [0.29, 0.717) is 6.42 Å². The van der Waals surface area contributed by atoms with Gasteiger partial charge in [-0.15, -0.1) is 11.3 Å². The number of thiophene rings is 1. The summed E-state index contributed by atoms with van der Waals surface area (Å²) < 4.78 is 43.8. The summed E-state index contributed by atoms with van der Waals surface area (Å²) in [4.78, 5) is 12.6. The fourth-order valence-corrected chi connectivity index (χ4v) is 3.84. The average Bonchev–Trinajstić information content (AvgIpc) is 2.75. The van der Waals surface area contributed by atoms with Crippen molar-refractivity contribution in [3.05, 3.63) is 17.0 Å². The Balaban J connectivity index is 2.63. The number of hydrogen-bond donors (Lipinski definition) is 1. The predicted octanol–water partition coefficient (Wildman–Crippen LogP) is 1.16. The normalized spacial score (nSPS) is 13.1. The van der Waals surface area contributed by atoms with E-state index in [-0.39, 0.29) is 10.8 Å². The van der Waals surface area contributed by atoms with Gasteiger partial charge in [0.2, 0.25) is 5.91 Å². The molecule has 10 heteroatoms. The highest BCUT2D eigenvalue weighted by Gasteiger charge is 2.38. The molecule has 0 fully saturated rings. The summed E-state index contributed by atoms with van der Waals surface area (Å²) in [6.07, 6.45) is 1.39. The lowest BCUT2D eigenvalue weighted by molar-refractivity contribution is -0.122. The molecule has 1 heterocycles. The molecule has 1 aromatic rings. The van der Waals surface area contributed by atoms with Gasteiger partial charge >= 0.3 is 0 Å². The standard InChI is InChI=1S/C11H16ClNO5S3/c1-11(2,20(3,15)16)10(14)13-7-6-8-4-5-9(19-8)21(12,17)18/h4-5H,6-7H2,1-3H3,(H,13,14). The van der Waals surface area contributed by atoms with Crippen molar-refractivity contribution >= 4 is 46.8 Å². The van der Waals surface area contributed by atoms with Gasteiger partial charge in [0.1, 0.15) is 8.96 Å². The minimum absolute atomic E-state index is 0.0435. The van der Waals surface area contributed by atoms with Gasteiger partial charge in [-0.3, -0.25) is 4.79 Å². The van der Waals surface area contributed by atoms with Crippen molar-refractivity contribution in [1.82, 2.24) is 5.32 Å². The lowest BCUT2D eigenvalue weighted by Gasteiger charge is -2.21. The largest absolute Gasteiger partial charge is 0.354 e. The Bertz CT molecular complexity index is 734. The second-order valence-electron chi connectivity index (χ2n) is 4.95. The van der Waals surface area contributed by atoms with Gasteiger partial charge in [0, 0.05) is 28.4 Å². The van der Waals surface area contributed by atoms with Crippen LogP contribution in [0.5, 0.6) is 0 Å². The maximum Gasteiger partial charge on any atom is 0.270 e. The lowest BCUT2D eigenvalue weighted by Crippen LogP contribution is -2.48. The number of hydrogen-bond acceptors (Lipinski definition) is 6. The molecule has 120 valence electrons. The highest BCUT2D eigenvalue weighted by Crippen LogP contribution is 2.25. The Kier molecular flexibility index (Phi) is 5.46. The molecule has 0 aromatic carbocycles. The monoisotopic (exact) mass is 373 g/mol. The minimum atomic E-state index is -3.74. The van der Waals surface area contributed by atoms with Gasteiger partial charge < -0.3 is 5.32 Å². The quantitative estimate of drug-likeness (QED) is 0.754. The molecule has 0 aliphatic carbocycles. The Morgan fingerprint density at radius 1 is 1.29 bits per heavy atom. The van der Waals surface area contributed by atoms with Gasteiger partial charge in [0.25, 0.3) is 9.05 Å². The van der Waals surface area contributed by atoms with Crippen molar-refractivity contribution < 1.29 is 21.6 Å². The van der Waals surface area contributed by atoms with Crippen LogP contribution in [0.2, 0.25) is 0 Å². The van der Waals surface area contributed by atoms with E-state index in [2.05, 4.69) is 5.32 Å². The van der Waals surface area contributed by atoms with Crippen LogP contribution >= 0.6 is 22.0 Å². The van der Waals surface area contributed by atoms with Crippen LogP contribution in [0.15, 0.2) is 16.3 Å². The molecule has 0 saturated carbocycles. The van der Waals surface area contributed by atoms with Crippen molar-refractivity contribution in [2.45, 2.75) is 29.2 Å². The van der Waals surface area contributed by atoms with Gasteiger partial charge in [-0.2, -0.15) is 0 Å². The first-order valence-electron chi connectivity index (χ1n) is 5.87. The SMILES string of the molecule is CC(C)(C(=O)NCCc1ccc(S(=O)(=O)Cl)s1)S(C)(=O)=O. The predicted molar refractivity (Wildman–Crippen MR) is 83.0 cm³/mol. The van der Waals surface area contributed by atoms with Gasteiger partial charge in [-0.1, -0.05) is 0 Å². The van der Waals surface area contributed by atoms with Crippen molar-refractivity contribution in [3.8, 4) is 0 Å². The van der Waals surface area contributed by atoms with Crippen molar-refractivity contribution in [2.24, 2.45) is 0 Å². The van der Waals surface area contributed by atoms with Crippen LogP contribution in [0.25, 0.3) is 0 Å². The maximum atomic E-state index is 11.9. The van der Waals surface area contributed by atoms with E-state index < -0.39 is 29.5 Å². The number of carbonyl (C=O) groups excluding carboxylic acids is 1. The molecule has 21 heavy (non-hydrogen) atoms. The van der Waals surface area contributed by atoms with Gasteiger partial charge in [-0.25, -0.2) is 16.8 Å².